The van der Waals surface area contributed by atoms with Gasteiger partial charge in [-0.3, -0.25) is 0 Å². The molecule has 0 atom stereocenters. The highest BCUT2D eigenvalue weighted by molar-refractivity contribution is 7.04. The van der Waals surface area contributed by atoms with Gasteiger partial charge in [-0.1, -0.05) is 84.9 Å². The van der Waals surface area contributed by atoms with Crippen LogP contribution in [0.5, 0.6) is 0 Å². The van der Waals surface area contributed by atoms with Crippen molar-refractivity contribution < 1.29 is 49.4 Å². The molecule has 0 aromatic heterocycles. The first-order valence-corrected chi connectivity index (χ1v) is 30.5. The summed E-state index contributed by atoms with van der Waals surface area (Å²) in [5, 5.41) is 0. The van der Waals surface area contributed by atoms with Gasteiger partial charge in [-0.2, -0.15) is 0 Å². The molecule has 0 amide bonds. The number of rotatable bonds is 9. The van der Waals surface area contributed by atoms with Crippen LogP contribution >= 0.6 is 0 Å². The van der Waals surface area contributed by atoms with E-state index < -0.39 is 70.4 Å². The lowest BCUT2D eigenvalue weighted by atomic mass is 10.2. The van der Waals surface area contributed by atoms with E-state index in [1.54, 1.807) is 0 Å². The summed E-state index contributed by atoms with van der Waals surface area (Å²) < 4.78 is 85.6. The standard InChI is InChI=1S/C22H42O12Si8/c1-8-35-23-36(9-2)26-39(12-5)28-37(10-3,24-35)30-41(14-7)31-38(11-4,25-35)29-40(13-6,27-36)33-42(32-39,34-41)21-20-22-18-16-15-17-19-22/h15-21H,8-14H2,1-7H3/b21-20-. The predicted molar refractivity (Wildman–Crippen MR) is 168 cm³/mol. The van der Waals surface area contributed by atoms with Crippen molar-refractivity contribution in [3.05, 3.63) is 41.6 Å². The Morgan fingerprint density at radius 2 is 0.667 bits per heavy atom. The third-order valence-electron chi connectivity index (χ3n) is 8.00. The zero-order chi connectivity index (χ0) is 30.0. The molecule has 1 aromatic carbocycles. The van der Waals surface area contributed by atoms with Gasteiger partial charge < -0.3 is 49.4 Å². The van der Waals surface area contributed by atoms with E-state index in [0.717, 1.165) is 5.56 Å². The molecule has 0 N–H and O–H groups in total. The lowest BCUT2D eigenvalue weighted by Crippen LogP contribution is -2.88. The van der Waals surface area contributed by atoms with Crippen LogP contribution in [0.15, 0.2) is 36.0 Å². The quantitative estimate of drug-likeness (QED) is 0.314. The smallest absolute Gasteiger partial charge is 0.373 e. The van der Waals surface area contributed by atoms with Crippen LogP contribution < -0.4 is 0 Å². The highest BCUT2D eigenvalue weighted by Crippen LogP contribution is 2.52. The largest absolute Gasteiger partial charge is 0.507 e. The summed E-state index contributed by atoms with van der Waals surface area (Å²) in [5.74, 6) is 0. The monoisotopic (exact) mass is 722 g/mol. The van der Waals surface area contributed by atoms with E-state index in [2.05, 4.69) is 0 Å². The molecule has 0 radical (unpaired) electrons. The fourth-order valence-electron chi connectivity index (χ4n) is 5.66. The Morgan fingerprint density at radius 3 is 0.929 bits per heavy atom. The molecular weight excluding hydrogens is 681 g/mol. The highest BCUT2D eigenvalue weighted by Gasteiger charge is 2.81. The molecule has 8 bridgehead atoms. The Balaban J connectivity index is 1.66. The minimum atomic E-state index is -3.91. The van der Waals surface area contributed by atoms with Gasteiger partial charge in [0.2, 0.25) is 0 Å². The van der Waals surface area contributed by atoms with Gasteiger partial charge in [-0.25, -0.2) is 0 Å². The van der Waals surface area contributed by atoms with Gasteiger partial charge >= 0.3 is 70.4 Å². The molecular formula is C22H42O12Si8. The minimum Gasteiger partial charge on any atom is -0.373 e. The molecule has 1 aromatic rings. The van der Waals surface area contributed by atoms with Gasteiger partial charge in [0.05, 0.1) is 0 Å². The van der Waals surface area contributed by atoms with Crippen molar-refractivity contribution in [3.63, 3.8) is 0 Å². The summed E-state index contributed by atoms with van der Waals surface area (Å²) in [6, 6.07) is 12.9. The van der Waals surface area contributed by atoms with Crippen LogP contribution in [0.3, 0.4) is 0 Å². The maximum Gasteiger partial charge on any atom is 0.507 e. The van der Waals surface area contributed by atoms with Crippen molar-refractivity contribution in [3.8, 4) is 0 Å². The molecule has 42 heavy (non-hydrogen) atoms. The second kappa shape index (κ2) is 11.2. The Bertz CT molecular complexity index is 1070. The Labute approximate surface area is 257 Å². The molecule has 6 aliphatic rings. The van der Waals surface area contributed by atoms with Crippen LogP contribution in [0.1, 0.15) is 54.0 Å². The Morgan fingerprint density at radius 1 is 0.405 bits per heavy atom. The lowest BCUT2D eigenvalue weighted by molar-refractivity contribution is -0.0258. The molecule has 6 saturated heterocycles. The van der Waals surface area contributed by atoms with Gasteiger partial charge in [-0.05, 0) is 11.3 Å². The van der Waals surface area contributed by atoms with E-state index >= 15 is 0 Å². The summed E-state index contributed by atoms with van der Waals surface area (Å²) in [5.41, 5.74) is 2.84. The van der Waals surface area contributed by atoms with E-state index in [-0.39, 0.29) is 0 Å². The molecule has 0 unspecified atom stereocenters. The molecule has 20 heteroatoms. The SMILES string of the molecule is CC[Si]12O[Si]3(/C=C\c4ccccc4)O[Si]4(CC)O[Si](CC)(O1)O[Si]1(CC)O[Si](CC)(O2)O[Si](CC)(O3)O[Si](CC)(O4)O1. The summed E-state index contributed by atoms with van der Waals surface area (Å²) in [4.78, 5) is 0. The fraction of sp³-hybridized carbons (Fsp3) is 0.636. The Hall–Kier alpha value is 0.215. The zero-order valence-corrected chi connectivity index (χ0v) is 33.4. The third kappa shape index (κ3) is 5.38. The summed E-state index contributed by atoms with van der Waals surface area (Å²) in [7, 11) is -29.5. The normalized spacial score (nSPS) is 48.1. The minimum absolute atomic E-state index is 0.412. The maximum atomic E-state index is 7.19. The van der Waals surface area contributed by atoms with Gasteiger partial charge in [0.25, 0.3) is 0 Å². The van der Waals surface area contributed by atoms with Crippen molar-refractivity contribution in [1.82, 2.24) is 0 Å². The van der Waals surface area contributed by atoms with Crippen LogP contribution in [0, 0.1) is 0 Å². The van der Waals surface area contributed by atoms with Gasteiger partial charge in [-0.15, -0.1) is 0 Å². The van der Waals surface area contributed by atoms with Crippen molar-refractivity contribution in [1.29, 1.82) is 0 Å². The van der Waals surface area contributed by atoms with Crippen molar-refractivity contribution in [2.75, 3.05) is 0 Å². The average molecular weight is 723 g/mol. The molecule has 12 nitrogen and oxygen atoms in total. The number of hydrogen-bond acceptors (Lipinski definition) is 12. The summed E-state index contributed by atoms with van der Waals surface area (Å²) in [6.45, 7) is 13.9. The predicted octanol–water partition coefficient (Wildman–Crippen LogP) is 5.16. The Kier molecular flexibility index (Phi) is 8.56. The zero-order valence-electron chi connectivity index (χ0n) is 25.4. The summed E-state index contributed by atoms with van der Waals surface area (Å²) >= 11 is 0. The van der Waals surface area contributed by atoms with Gasteiger partial charge in [0.15, 0.2) is 0 Å². The van der Waals surface area contributed by atoms with Crippen LogP contribution in [0.4, 0.5) is 0 Å². The maximum absolute atomic E-state index is 7.19. The highest BCUT2D eigenvalue weighted by atomic mass is 28.6. The number of hydrogen-bond donors (Lipinski definition) is 0. The van der Waals surface area contributed by atoms with Gasteiger partial charge in [0.1, 0.15) is 0 Å². The first kappa shape index (κ1) is 32.2. The second-order valence-corrected chi connectivity index (χ2v) is 36.7. The van der Waals surface area contributed by atoms with Gasteiger partial charge in [0, 0.05) is 42.3 Å². The molecule has 6 fully saturated rings. The van der Waals surface area contributed by atoms with E-state index in [1.807, 2.05) is 90.6 Å². The molecule has 0 saturated carbocycles. The first-order valence-electron chi connectivity index (χ1n) is 15.1. The van der Waals surface area contributed by atoms with Crippen LogP contribution in [-0.4, -0.2) is 70.4 Å². The lowest BCUT2D eigenvalue weighted by Gasteiger charge is -2.62. The molecule has 7 rings (SSSR count). The topological polar surface area (TPSA) is 111 Å². The van der Waals surface area contributed by atoms with E-state index in [4.69, 9.17) is 49.4 Å². The van der Waals surface area contributed by atoms with E-state index in [0.29, 0.717) is 42.3 Å². The van der Waals surface area contributed by atoms with Crippen molar-refractivity contribution >= 4 is 76.5 Å². The van der Waals surface area contributed by atoms with E-state index in [9.17, 15) is 0 Å². The fourth-order valence-corrected chi connectivity index (χ4v) is 54.3. The first-order chi connectivity index (χ1) is 20.0. The second-order valence-electron chi connectivity index (χ2n) is 10.8. The summed E-state index contributed by atoms with van der Waals surface area (Å²) in [6.07, 6.45) is 1.95. The van der Waals surface area contributed by atoms with Crippen LogP contribution in [0.25, 0.3) is 6.08 Å². The molecule has 234 valence electrons. The van der Waals surface area contributed by atoms with Crippen LogP contribution in [0.2, 0.25) is 42.3 Å². The van der Waals surface area contributed by atoms with Crippen LogP contribution in [-0.2, 0) is 49.4 Å². The van der Waals surface area contributed by atoms with E-state index in [1.165, 1.54) is 0 Å². The van der Waals surface area contributed by atoms with Crippen molar-refractivity contribution in [2.45, 2.75) is 90.8 Å². The molecule has 0 aliphatic carbocycles. The van der Waals surface area contributed by atoms with Crippen molar-refractivity contribution in [2.24, 2.45) is 0 Å². The molecule has 6 aliphatic heterocycles. The number of benzene rings is 1. The third-order valence-corrected chi connectivity index (χ3v) is 44.2. The average Bonchev–Trinajstić information content (AvgIpc) is 2.96. The molecule has 0 spiro atoms. The molecule has 6 heterocycles.